The maximum Gasteiger partial charge on any atom is 0.166 e. The molecular weight excluding hydrogens is 228 g/mol. The minimum Gasteiger partial charge on any atom is -0.394 e. The molecule has 0 radical (unpaired) electrons. The van der Waals surface area contributed by atoms with Crippen LogP contribution in [0.5, 0.6) is 0 Å². The Morgan fingerprint density at radius 2 is 1.65 bits per heavy atom. The van der Waals surface area contributed by atoms with Crippen molar-refractivity contribution >= 4 is 5.78 Å². The zero-order chi connectivity index (χ0) is 13.6. The lowest BCUT2D eigenvalue weighted by molar-refractivity contribution is -0.150. The van der Waals surface area contributed by atoms with Crippen molar-refractivity contribution in [3.05, 3.63) is 0 Å². The molecule has 6 heteroatoms. The van der Waals surface area contributed by atoms with Crippen molar-refractivity contribution in [1.29, 1.82) is 0 Å². The van der Waals surface area contributed by atoms with Gasteiger partial charge < -0.3 is 25.5 Å². The van der Waals surface area contributed by atoms with Crippen molar-refractivity contribution in [2.75, 3.05) is 6.61 Å². The van der Waals surface area contributed by atoms with E-state index in [1.165, 1.54) is 0 Å². The molecule has 0 saturated heterocycles. The highest BCUT2D eigenvalue weighted by Gasteiger charge is 2.35. The SMILES string of the molecule is CCCC(C)C(=O)[C@@H](O)[C@@H](O)[C@@H](O)[C@@H](O)CO. The first-order valence-electron chi connectivity index (χ1n) is 5.73. The molecule has 0 aliphatic rings. The summed E-state index contributed by atoms with van der Waals surface area (Å²) >= 11 is 0. The van der Waals surface area contributed by atoms with Gasteiger partial charge in [0.15, 0.2) is 5.78 Å². The summed E-state index contributed by atoms with van der Waals surface area (Å²) in [6, 6.07) is 0. The maximum absolute atomic E-state index is 11.6. The standard InChI is InChI=1S/C11H22O6/c1-3-4-6(2)8(14)10(16)11(17)9(15)7(13)5-12/h6-7,9-13,15-17H,3-5H2,1-2H3/t6?,7-,9-,10+,11-/m0/s1. The van der Waals surface area contributed by atoms with Gasteiger partial charge in [0.05, 0.1) is 6.61 Å². The van der Waals surface area contributed by atoms with Gasteiger partial charge in [-0.05, 0) is 6.42 Å². The number of hydrogen-bond acceptors (Lipinski definition) is 6. The lowest BCUT2D eigenvalue weighted by Crippen LogP contribution is -2.49. The van der Waals surface area contributed by atoms with Gasteiger partial charge in [-0.25, -0.2) is 0 Å². The Labute approximate surface area is 101 Å². The topological polar surface area (TPSA) is 118 Å². The number of aliphatic hydroxyl groups is 5. The molecule has 0 aromatic heterocycles. The van der Waals surface area contributed by atoms with E-state index in [9.17, 15) is 20.1 Å². The van der Waals surface area contributed by atoms with Crippen LogP contribution >= 0.6 is 0 Å². The number of carbonyl (C=O) groups excluding carboxylic acids is 1. The molecule has 0 aliphatic carbocycles. The van der Waals surface area contributed by atoms with Crippen molar-refractivity contribution < 1.29 is 30.3 Å². The van der Waals surface area contributed by atoms with Crippen LogP contribution < -0.4 is 0 Å². The summed E-state index contributed by atoms with van der Waals surface area (Å²) < 4.78 is 0. The van der Waals surface area contributed by atoms with E-state index >= 15 is 0 Å². The quantitative estimate of drug-likeness (QED) is 0.355. The summed E-state index contributed by atoms with van der Waals surface area (Å²) in [4.78, 5) is 11.6. The van der Waals surface area contributed by atoms with Gasteiger partial charge in [-0.2, -0.15) is 0 Å². The lowest BCUT2D eigenvalue weighted by atomic mass is 9.91. The van der Waals surface area contributed by atoms with Crippen LogP contribution in [0.15, 0.2) is 0 Å². The van der Waals surface area contributed by atoms with E-state index in [2.05, 4.69) is 0 Å². The predicted octanol–water partition coefficient (Wildman–Crippen LogP) is -1.57. The average Bonchev–Trinajstić information content (AvgIpc) is 2.34. The average molecular weight is 250 g/mol. The summed E-state index contributed by atoms with van der Waals surface area (Å²) in [6.45, 7) is 2.75. The summed E-state index contributed by atoms with van der Waals surface area (Å²) in [6.07, 6.45) is -5.57. The third kappa shape index (κ3) is 4.69. The van der Waals surface area contributed by atoms with Crippen molar-refractivity contribution in [3.63, 3.8) is 0 Å². The molecule has 5 atom stereocenters. The van der Waals surface area contributed by atoms with Crippen molar-refractivity contribution in [2.24, 2.45) is 5.92 Å². The second-order valence-electron chi connectivity index (χ2n) is 4.27. The summed E-state index contributed by atoms with van der Waals surface area (Å²) in [7, 11) is 0. The number of ketones is 1. The Bertz CT molecular complexity index is 232. The molecule has 6 nitrogen and oxygen atoms in total. The molecule has 0 spiro atoms. The smallest absolute Gasteiger partial charge is 0.166 e. The van der Waals surface area contributed by atoms with Crippen LogP contribution in [0.3, 0.4) is 0 Å². The van der Waals surface area contributed by atoms with E-state index < -0.39 is 42.7 Å². The molecule has 0 heterocycles. The maximum atomic E-state index is 11.6. The van der Waals surface area contributed by atoms with Crippen LogP contribution in [0, 0.1) is 5.92 Å². The first-order valence-corrected chi connectivity index (χ1v) is 5.73. The summed E-state index contributed by atoms with van der Waals surface area (Å²) in [5.41, 5.74) is 0. The number of Topliss-reactive ketones (excluding diaryl/α,β-unsaturated/α-hetero) is 1. The minimum absolute atomic E-state index is 0.428. The van der Waals surface area contributed by atoms with Crippen LogP contribution in [0.25, 0.3) is 0 Å². The highest BCUT2D eigenvalue weighted by molar-refractivity contribution is 5.85. The summed E-state index contributed by atoms with van der Waals surface area (Å²) in [5.74, 6) is -1.01. The molecule has 0 saturated carbocycles. The van der Waals surface area contributed by atoms with Crippen LogP contribution in [0.1, 0.15) is 26.7 Å². The molecule has 0 fully saturated rings. The van der Waals surface area contributed by atoms with Crippen molar-refractivity contribution in [2.45, 2.75) is 51.1 Å². The van der Waals surface area contributed by atoms with Crippen molar-refractivity contribution in [1.82, 2.24) is 0 Å². The van der Waals surface area contributed by atoms with E-state index in [1.54, 1.807) is 6.92 Å². The monoisotopic (exact) mass is 250 g/mol. The largest absolute Gasteiger partial charge is 0.394 e. The Morgan fingerprint density at radius 3 is 2.06 bits per heavy atom. The number of rotatable bonds is 8. The Hall–Kier alpha value is -0.530. The van der Waals surface area contributed by atoms with E-state index in [-0.39, 0.29) is 0 Å². The molecule has 0 aliphatic heterocycles. The Kier molecular flexibility index (Phi) is 7.49. The number of hydrogen-bond donors (Lipinski definition) is 5. The van der Waals surface area contributed by atoms with E-state index in [0.717, 1.165) is 6.42 Å². The first-order chi connectivity index (χ1) is 7.86. The molecule has 17 heavy (non-hydrogen) atoms. The molecule has 0 amide bonds. The van der Waals surface area contributed by atoms with Gasteiger partial charge >= 0.3 is 0 Å². The van der Waals surface area contributed by atoms with Crippen LogP contribution in [-0.4, -0.2) is 62.3 Å². The van der Waals surface area contributed by atoms with Gasteiger partial charge in [0.25, 0.3) is 0 Å². The molecule has 5 N–H and O–H groups in total. The fourth-order valence-electron chi connectivity index (χ4n) is 1.56. The van der Waals surface area contributed by atoms with Crippen LogP contribution in [0.4, 0.5) is 0 Å². The molecular formula is C11H22O6. The van der Waals surface area contributed by atoms with Gasteiger partial charge in [-0.1, -0.05) is 20.3 Å². The van der Waals surface area contributed by atoms with E-state index in [1.807, 2.05) is 6.92 Å². The number of aliphatic hydroxyl groups excluding tert-OH is 5. The zero-order valence-corrected chi connectivity index (χ0v) is 10.2. The molecule has 0 rings (SSSR count). The highest BCUT2D eigenvalue weighted by atomic mass is 16.4. The van der Waals surface area contributed by atoms with E-state index in [0.29, 0.717) is 6.42 Å². The number of carbonyl (C=O) groups is 1. The van der Waals surface area contributed by atoms with Gasteiger partial charge in [0.1, 0.15) is 24.4 Å². The highest BCUT2D eigenvalue weighted by Crippen LogP contribution is 2.13. The second-order valence-corrected chi connectivity index (χ2v) is 4.27. The molecule has 0 aromatic rings. The summed E-state index contributed by atoms with van der Waals surface area (Å²) in [5, 5.41) is 46.0. The molecule has 102 valence electrons. The third-order valence-corrected chi connectivity index (χ3v) is 2.75. The van der Waals surface area contributed by atoms with E-state index in [4.69, 9.17) is 10.2 Å². The third-order valence-electron chi connectivity index (χ3n) is 2.75. The molecule has 1 unspecified atom stereocenters. The Morgan fingerprint density at radius 1 is 1.12 bits per heavy atom. The molecule has 0 aromatic carbocycles. The predicted molar refractivity (Wildman–Crippen MR) is 60.2 cm³/mol. The van der Waals surface area contributed by atoms with Gasteiger partial charge in [-0.15, -0.1) is 0 Å². The van der Waals surface area contributed by atoms with Gasteiger partial charge in [-0.3, -0.25) is 4.79 Å². The second kappa shape index (κ2) is 7.73. The lowest BCUT2D eigenvalue weighted by Gasteiger charge is -2.26. The van der Waals surface area contributed by atoms with Crippen LogP contribution in [-0.2, 0) is 4.79 Å². The van der Waals surface area contributed by atoms with Crippen LogP contribution in [0.2, 0.25) is 0 Å². The Balaban J connectivity index is 4.47. The molecule has 0 bridgehead atoms. The first kappa shape index (κ1) is 16.5. The van der Waals surface area contributed by atoms with Gasteiger partial charge in [0.2, 0.25) is 0 Å². The van der Waals surface area contributed by atoms with Crippen molar-refractivity contribution in [3.8, 4) is 0 Å². The van der Waals surface area contributed by atoms with Gasteiger partial charge in [0, 0.05) is 5.92 Å². The zero-order valence-electron chi connectivity index (χ0n) is 10.2. The minimum atomic E-state index is -1.80. The fraction of sp³-hybridized carbons (Fsp3) is 0.909. The fourth-order valence-corrected chi connectivity index (χ4v) is 1.56. The normalized spacial score (nSPS) is 20.4.